The molecule has 0 aliphatic carbocycles. The smallest absolute Gasteiger partial charge is 0.387 e. The Morgan fingerprint density at radius 1 is 1.38 bits per heavy atom. The molecule has 0 aromatic heterocycles. The van der Waals surface area contributed by atoms with Crippen molar-refractivity contribution in [3.63, 3.8) is 0 Å². The summed E-state index contributed by atoms with van der Waals surface area (Å²) in [5, 5.41) is 2.57. The van der Waals surface area contributed by atoms with E-state index in [1.54, 1.807) is 12.1 Å². The first-order valence-electron chi connectivity index (χ1n) is 6.15. The first-order chi connectivity index (χ1) is 10.1. The van der Waals surface area contributed by atoms with Crippen molar-refractivity contribution < 1.29 is 27.8 Å². The van der Waals surface area contributed by atoms with Crippen LogP contribution in [0.5, 0.6) is 11.5 Å². The summed E-state index contributed by atoms with van der Waals surface area (Å²) < 4.78 is 39.0. The quantitative estimate of drug-likeness (QED) is 0.590. The molecule has 0 atom stereocenters. The van der Waals surface area contributed by atoms with Crippen molar-refractivity contribution in [1.29, 1.82) is 0 Å². The molecule has 1 N–H and O–H groups in total. The first-order valence-corrected chi connectivity index (χ1v) is 6.15. The highest BCUT2D eigenvalue weighted by Crippen LogP contribution is 2.33. The Labute approximate surface area is 121 Å². The molecule has 21 heavy (non-hydrogen) atoms. The predicted octanol–water partition coefficient (Wildman–Crippen LogP) is 2.07. The van der Waals surface area contributed by atoms with E-state index in [0.29, 0.717) is 18.7 Å². The minimum atomic E-state index is -2.98. The number of para-hydroxylation sites is 1. The van der Waals surface area contributed by atoms with Gasteiger partial charge in [0.25, 0.3) is 0 Å². The fourth-order valence-electron chi connectivity index (χ4n) is 1.54. The number of carbonyl (C=O) groups is 1. The SMILES string of the molecule is COCCNC(=O)/C=C/c1cccc(OC)c1OC(F)F. The van der Waals surface area contributed by atoms with E-state index in [0.717, 1.165) is 0 Å². The summed E-state index contributed by atoms with van der Waals surface area (Å²) in [5.74, 6) is -0.314. The molecule has 1 aromatic carbocycles. The van der Waals surface area contributed by atoms with Gasteiger partial charge in [0.05, 0.1) is 13.7 Å². The van der Waals surface area contributed by atoms with E-state index in [-0.39, 0.29) is 17.4 Å². The van der Waals surface area contributed by atoms with E-state index in [1.165, 1.54) is 32.4 Å². The fourth-order valence-corrected chi connectivity index (χ4v) is 1.54. The predicted molar refractivity (Wildman–Crippen MR) is 73.5 cm³/mol. The number of rotatable bonds is 8. The highest BCUT2D eigenvalue weighted by Gasteiger charge is 2.13. The molecule has 0 spiro atoms. The number of hydrogen-bond acceptors (Lipinski definition) is 4. The van der Waals surface area contributed by atoms with Gasteiger partial charge in [0, 0.05) is 25.3 Å². The molecule has 0 saturated carbocycles. The minimum Gasteiger partial charge on any atom is -0.493 e. The second-order valence-corrected chi connectivity index (χ2v) is 3.87. The highest BCUT2D eigenvalue weighted by atomic mass is 19.3. The number of methoxy groups -OCH3 is 2. The summed E-state index contributed by atoms with van der Waals surface area (Å²) in [5.41, 5.74) is 0.316. The van der Waals surface area contributed by atoms with E-state index in [4.69, 9.17) is 9.47 Å². The van der Waals surface area contributed by atoms with Gasteiger partial charge in [-0.3, -0.25) is 4.79 Å². The molecule has 0 aliphatic heterocycles. The van der Waals surface area contributed by atoms with Gasteiger partial charge in [-0.2, -0.15) is 8.78 Å². The zero-order valence-corrected chi connectivity index (χ0v) is 11.8. The molecule has 1 amide bonds. The van der Waals surface area contributed by atoms with Crippen LogP contribution in [0.2, 0.25) is 0 Å². The monoisotopic (exact) mass is 301 g/mol. The zero-order chi connectivity index (χ0) is 15.7. The average Bonchev–Trinajstić information content (AvgIpc) is 2.45. The van der Waals surface area contributed by atoms with Crippen molar-refractivity contribution in [2.45, 2.75) is 6.61 Å². The van der Waals surface area contributed by atoms with Gasteiger partial charge in [0.15, 0.2) is 11.5 Å². The standard InChI is InChI=1S/C14H17F2NO4/c1-19-9-8-17-12(18)7-6-10-4-3-5-11(20-2)13(10)21-14(15)16/h3-7,14H,8-9H2,1-2H3,(H,17,18)/b7-6+. The van der Waals surface area contributed by atoms with E-state index in [1.807, 2.05) is 0 Å². The van der Waals surface area contributed by atoms with E-state index in [9.17, 15) is 13.6 Å². The van der Waals surface area contributed by atoms with Crippen LogP contribution in [-0.2, 0) is 9.53 Å². The Morgan fingerprint density at radius 2 is 2.14 bits per heavy atom. The van der Waals surface area contributed by atoms with Crippen LogP contribution in [0.15, 0.2) is 24.3 Å². The van der Waals surface area contributed by atoms with Crippen LogP contribution in [0.25, 0.3) is 6.08 Å². The Bertz CT molecular complexity index is 492. The van der Waals surface area contributed by atoms with Crippen molar-refractivity contribution in [3.05, 3.63) is 29.8 Å². The molecule has 1 rings (SSSR count). The number of halogens is 2. The Balaban J connectivity index is 2.84. The largest absolute Gasteiger partial charge is 0.493 e. The first kappa shape index (κ1) is 16.9. The van der Waals surface area contributed by atoms with Crippen molar-refractivity contribution in [2.75, 3.05) is 27.4 Å². The molecular weight excluding hydrogens is 284 g/mol. The fraction of sp³-hybridized carbons (Fsp3) is 0.357. The van der Waals surface area contributed by atoms with Crippen molar-refractivity contribution in [2.24, 2.45) is 0 Å². The Morgan fingerprint density at radius 3 is 2.76 bits per heavy atom. The molecule has 116 valence electrons. The van der Waals surface area contributed by atoms with Crippen molar-refractivity contribution in [3.8, 4) is 11.5 Å². The van der Waals surface area contributed by atoms with E-state index in [2.05, 4.69) is 10.1 Å². The van der Waals surface area contributed by atoms with Crippen LogP contribution in [0, 0.1) is 0 Å². The maximum Gasteiger partial charge on any atom is 0.387 e. The van der Waals surface area contributed by atoms with Crippen LogP contribution < -0.4 is 14.8 Å². The summed E-state index contributed by atoms with van der Waals surface area (Å²) in [6.45, 7) is -2.24. The summed E-state index contributed by atoms with van der Waals surface area (Å²) in [6.07, 6.45) is 2.60. The van der Waals surface area contributed by atoms with Crippen LogP contribution >= 0.6 is 0 Å². The Kier molecular flexibility index (Phi) is 7.17. The number of amides is 1. The van der Waals surface area contributed by atoms with Gasteiger partial charge in [0.1, 0.15) is 0 Å². The molecule has 0 saturated heterocycles. The number of nitrogens with one attached hydrogen (secondary N) is 1. The van der Waals surface area contributed by atoms with Gasteiger partial charge >= 0.3 is 6.61 Å². The van der Waals surface area contributed by atoms with E-state index >= 15 is 0 Å². The lowest BCUT2D eigenvalue weighted by Gasteiger charge is -2.12. The molecule has 0 unspecified atom stereocenters. The lowest BCUT2D eigenvalue weighted by molar-refractivity contribution is -0.116. The summed E-state index contributed by atoms with van der Waals surface area (Å²) in [6, 6.07) is 4.65. The molecule has 1 aromatic rings. The second-order valence-electron chi connectivity index (χ2n) is 3.87. The van der Waals surface area contributed by atoms with Crippen molar-refractivity contribution in [1.82, 2.24) is 5.32 Å². The summed E-state index contributed by atoms with van der Waals surface area (Å²) >= 11 is 0. The van der Waals surface area contributed by atoms with E-state index < -0.39 is 6.61 Å². The van der Waals surface area contributed by atoms with Gasteiger partial charge in [0.2, 0.25) is 5.91 Å². The number of alkyl halides is 2. The van der Waals surface area contributed by atoms with Crippen LogP contribution in [0.4, 0.5) is 8.78 Å². The van der Waals surface area contributed by atoms with Crippen molar-refractivity contribution >= 4 is 12.0 Å². The normalized spacial score (nSPS) is 10.9. The Hall–Kier alpha value is -2.15. The average molecular weight is 301 g/mol. The number of carbonyl (C=O) groups excluding carboxylic acids is 1. The number of ether oxygens (including phenoxy) is 3. The maximum absolute atomic E-state index is 12.4. The molecule has 5 nitrogen and oxygen atoms in total. The molecule has 0 aliphatic rings. The molecule has 0 heterocycles. The lowest BCUT2D eigenvalue weighted by atomic mass is 10.1. The third-order valence-corrected chi connectivity index (χ3v) is 2.46. The molecule has 0 fully saturated rings. The molecule has 0 radical (unpaired) electrons. The number of benzene rings is 1. The minimum absolute atomic E-state index is 0.115. The molecule has 7 heteroatoms. The lowest BCUT2D eigenvalue weighted by Crippen LogP contribution is -2.24. The maximum atomic E-state index is 12.4. The van der Waals surface area contributed by atoms with Gasteiger partial charge in [-0.25, -0.2) is 0 Å². The van der Waals surface area contributed by atoms with Gasteiger partial charge < -0.3 is 19.5 Å². The van der Waals surface area contributed by atoms with Gasteiger partial charge in [-0.05, 0) is 12.1 Å². The van der Waals surface area contributed by atoms with Gasteiger partial charge in [-0.15, -0.1) is 0 Å². The number of hydrogen-bond donors (Lipinski definition) is 1. The molecule has 0 bridgehead atoms. The molecular formula is C14H17F2NO4. The topological polar surface area (TPSA) is 56.8 Å². The highest BCUT2D eigenvalue weighted by molar-refractivity contribution is 5.92. The zero-order valence-electron chi connectivity index (χ0n) is 11.8. The second kappa shape index (κ2) is 8.91. The summed E-state index contributed by atoms with van der Waals surface area (Å²) in [7, 11) is 2.87. The van der Waals surface area contributed by atoms with Crippen LogP contribution in [0.3, 0.4) is 0 Å². The summed E-state index contributed by atoms with van der Waals surface area (Å²) in [4.78, 5) is 11.5. The third kappa shape index (κ3) is 5.78. The van der Waals surface area contributed by atoms with Crippen LogP contribution in [-0.4, -0.2) is 39.9 Å². The van der Waals surface area contributed by atoms with Crippen LogP contribution in [0.1, 0.15) is 5.56 Å². The third-order valence-electron chi connectivity index (χ3n) is 2.46. The van der Waals surface area contributed by atoms with Gasteiger partial charge in [-0.1, -0.05) is 12.1 Å².